The van der Waals surface area contributed by atoms with Crippen molar-refractivity contribution < 1.29 is 9.53 Å². The summed E-state index contributed by atoms with van der Waals surface area (Å²) in [6.45, 7) is 2.70. The van der Waals surface area contributed by atoms with E-state index in [4.69, 9.17) is 4.74 Å². The first kappa shape index (κ1) is 17.4. The van der Waals surface area contributed by atoms with Crippen LogP contribution in [0.25, 0.3) is 0 Å². The number of aryl methyl sites for hydroxylation is 1. The Labute approximate surface area is 152 Å². The Morgan fingerprint density at radius 2 is 1.85 bits per heavy atom. The fourth-order valence-corrected chi connectivity index (χ4v) is 2.43. The van der Waals surface area contributed by atoms with Gasteiger partial charge in [-0.3, -0.25) is 4.79 Å². The summed E-state index contributed by atoms with van der Waals surface area (Å²) in [6.07, 6.45) is 0. The van der Waals surface area contributed by atoms with E-state index >= 15 is 0 Å². The van der Waals surface area contributed by atoms with Crippen molar-refractivity contribution in [2.45, 2.75) is 13.5 Å². The van der Waals surface area contributed by atoms with Gasteiger partial charge in [0.05, 0.1) is 7.11 Å². The summed E-state index contributed by atoms with van der Waals surface area (Å²) in [5.41, 5.74) is 3.29. The zero-order valence-electron chi connectivity index (χ0n) is 14.7. The van der Waals surface area contributed by atoms with Crippen LogP contribution in [0.3, 0.4) is 0 Å². The van der Waals surface area contributed by atoms with Gasteiger partial charge >= 0.3 is 0 Å². The molecular formula is C20H20N4O2. The van der Waals surface area contributed by atoms with E-state index in [1.165, 1.54) is 5.56 Å². The Morgan fingerprint density at radius 1 is 1.04 bits per heavy atom. The number of rotatable bonds is 6. The predicted octanol–water partition coefficient (Wildman–Crippen LogP) is 3.66. The van der Waals surface area contributed by atoms with Crippen LogP contribution in [0.2, 0.25) is 0 Å². The van der Waals surface area contributed by atoms with Crippen molar-refractivity contribution in [3.8, 4) is 5.75 Å². The SMILES string of the molecule is COc1ccc(NC(=O)c2ccc(NCc3cccc(C)c3)nn2)cc1. The topological polar surface area (TPSA) is 76.1 Å². The standard InChI is InChI=1S/C20H20N4O2/c1-14-4-3-5-15(12-14)13-21-19-11-10-18(23-24-19)20(25)22-16-6-8-17(26-2)9-7-16/h3-12H,13H2,1-2H3,(H,21,24)(H,22,25). The maximum absolute atomic E-state index is 12.2. The van der Waals surface area contributed by atoms with Crippen molar-refractivity contribution in [1.82, 2.24) is 10.2 Å². The highest BCUT2D eigenvalue weighted by Gasteiger charge is 2.09. The molecule has 2 aromatic carbocycles. The van der Waals surface area contributed by atoms with Crippen LogP contribution in [-0.2, 0) is 6.54 Å². The van der Waals surface area contributed by atoms with E-state index in [2.05, 4.69) is 39.9 Å². The Morgan fingerprint density at radius 3 is 2.50 bits per heavy atom. The molecule has 3 rings (SSSR count). The molecular weight excluding hydrogens is 328 g/mol. The molecule has 0 unspecified atom stereocenters. The van der Waals surface area contributed by atoms with Gasteiger partial charge in [-0.25, -0.2) is 0 Å². The molecule has 0 aliphatic rings. The number of amides is 1. The van der Waals surface area contributed by atoms with E-state index in [1.807, 2.05) is 12.1 Å². The van der Waals surface area contributed by atoms with Gasteiger partial charge in [0.2, 0.25) is 0 Å². The zero-order chi connectivity index (χ0) is 18.4. The van der Waals surface area contributed by atoms with E-state index in [0.717, 1.165) is 11.3 Å². The lowest BCUT2D eigenvalue weighted by molar-refractivity contribution is 0.102. The largest absolute Gasteiger partial charge is 0.497 e. The molecule has 0 aliphatic carbocycles. The fraction of sp³-hybridized carbons (Fsp3) is 0.150. The maximum atomic E-state index is 12.2. The molecule has 0 atom stereocenters. The third-order valence-electron chi connectivity index (χ3n) is 3.80. The molecule has 1 aromatic heterocycles. The highest BCUT2D eigenvalue weighted by Crippen LogP contribution is 2.16. The molecule has 26 heavy (non-hydrogen) atoms. The molecule has 0 radical (unpaired) electrons. The quantitative estimate of drug-likeness (QED) is 0.711. The second-order valence-electron chi connectivity index (χ2n) is 5.83. The van der Waals surface area contributed by atoms with Gasteiger partial charge in [0.25, 0.3) is 5.91 Å². The number of nitrogens with one attached hydrogen (secondary N) is 2. The average molecular weight is 348 g/mol. The smallest absolute Gasteiger partial charge is 0.276 e. The van der Waals surface area contributed by atoms with Crippen LogP contribution in [0, 0.1) is 6.92 Å². The van der Waals surface area contributed by atoms with Gasteiger partial charge in [0, 0.05) is 12.2 Å². The van der Waals surface area contributed by atoms with Gasteiger partial charge in [-0.2, -0.15) is 0 Å². The summed E-state index contributed by atoms with van der Waals surface area (Å²) < 4.78 is 5.09. The molecule has 0 spiro atoms. The minimum Gasteiger partial charge on any atom is -0.497 e. The maximum Gasteiger partial charge on any atom is 0.276 e. The van der Waals surface area contributed by atoms with E-state index in [1.54, 1.807) is 43.5 Å². The number of hydrogen-bond donors (Lipinski definition) is 2. The van der Waals surface area contributed by atoms with Gasteiger partial charge < -0.3 is 15.4 Å². The van der Waals surface area contributed by atoms with E-state index in [9.17, 15) is 4.79 Å². The lowest BCUT2D eigenvalue weighted by Gasteiger charge is -2.07. The van der Waals surface area contributed by atoms with Gasteiger partial charge in [-0.1, -0.05) is 29.8 Å². The number of benzene rings is 2. The molecule has 132 valence electrons. The van der Waals surface area contributed by atoms with E-state index in [0.29, 0.717) is 18.1 Å². The third kappa shape index (κ3) is 4.57. The highest BCUT2D eigenvalue weighted by molar-refractivity contribution is 6.02. The molecule has 0 bridgehead atoms. The zero-order valence-corrected chi connectivity index (χ0v) is 14.7. The van der Waals surface area contributed by atoms with Crippen LogP contribution in [0.1, 0.15) is 21.6 Å². The van der Waals surface area contributed by atoms with Crippen LogP contribution in [0.5, 0.6) is 5.75 Å². The highest BCUT2D eigenvalue weighted by atomic mass is 16.5. The lowest BCUT2D eigenvalue weighted by atomic mass is 10.1. The van der Waals surface area contributed by atoms with Gasteiger partial charge in [0.1, 0.15) is 11.6 Å². The fourth-order valence-electron chi connectivity index (χ4n) is 2.43. The number of carbonyl (C=O) groups excluding carboxylic acids is 1. The molecule has 0 saturated carbocycles. The van der Waals surface area contributed by atoms with Crippen molar-refractivity contribution in [1.29, 1.82) is 0 Å². The van der Waals surface area contributed by atoms with Crippen LogP contribution < -0.4 is 15.4 Å². The first-order chi connectivity index (χ1) is 12.6. The Balaban J connectivity index is 1.58. The number of hydrogen-bond acceptors (Lipinski definition) is 5. The number of aromatic nitrogens is 2. The molecule has 6 heteroatoms. The van der Waals surface area contributed by atoms with Crippen LogP contribution in [0.4, 0.5) is 11.5 Å². The van der Waals surface area contributed by atoms with Crippen LogP contribution in [-0.4, -0.2) is 23.2 Å². The second-order valence-corrected chi connectivity index (χ2v) is 5.83. The summed E-state index contributed by atoms with van der Waals surface area (Å²) in [5, 5.41) is 14.0. The predicted molar refractivity (Wildman–Crippen MR) is 101 cm³/mol. The molecule has 0 fully saturated rings. The minimum atomic E-state index is -0.312. The molecule has 3 aromatic rings. The summed E-state index contributed by atoms with van der Waals surface area (Å²) in [4.78, 5) is 12.2. The van der Waals surface area contributed by atoms with Crippen LogP contribution >= 0.6 is 0 Å². The Kier molecular flexibility index (Phi) is 5.43. The molecule has 0 aliphatic heterocycles. The van der Waals surface area contributed by atoms with Crippen molar-refractivity contribution in [2.24, 2.45) is 0 Å². The first-order valence-electron chi connectivity index (χ1n) is 8.22. The molecule has 0 saturated heterocycles. The summed E-state index contributed by atoms with van der Waals surface area (Å²) in [7, 11) is 1.59. The number of methoxy groups -OCH3 is 1. The molecule has 2 N–H and O–H groups in total. The molecule has 1 amide bonds. The van der Waals surface area contributed by atoms with Crippen molar-refractivity contribution in [3.05, 3.63) is 77.5 Å². The van der Waals surface area contributed by atoms with Crippen molar-refractivity contribution >= 4 is 17.4 Å². The summed E-state index contributed by atoms with van der Waals surface area (Å²) in [6, 6.07) is 18.7. The number of nitrogens with zero attached hydrogens (tertiary/aromatic N) is 2. The number of anilines is 2. The number of carbonyl (C=O) groups is 1. The normalized spacial score (nSPS) is 10.2. The van der Waals surface area contributed by atoms with E-state index in [-0.39, 0.29) is 11.6 Å². The molecule has 6 nitrogen and oxygen atoms in total. The number of ether oxygens (including phenoxy) is 1. The monoisotopic (exact) mass is 348 g/mol. The second kappa shape index (κ2) is 8.11. The van der Waals surface area contributed by atoms with Crippen molar-refractivity contribution in [2.75, 3.05) is 17.7 Å². The third-order valence-corrected chi connectivity index (χ3v) is 3.80. The summed E-state index contributed by atoms with van der Waals surface area (Å²) in [5.74, 6) is 1.03. The summed E-state index contributed by atoms with van der Waals surface area (Å²) >= 11 is 0. The van der Waals surface area contributed by atoms with E-state index < -0.39 is 0 Å². The van der Waals surface area contributed by atoms with Gasteiger partial charge in [0.15, 0.2) is 5.69 Å². The van der Waals surface area contributed by atoms with Gasteiger partial charge in [-0.15, -0.1) is 10.2 Å². The van der Waals surface area contributed by atoms with Crippen molar-refractivity contribution in [3.63, 3.8) is 0 Å². The average Bonchev–Trinajstić information content (AvgIpc) is 2.67. The van der Waals surface area contributed by atoms with Crippen LogP contribution in [0.15, 0.2) is 60.7 Å². The lowest BCUT2D eigenvalue weighted by Crippen LogP contribution is -2.14. The first-order valence-corrected chi connectivity index (χ1v) is 8.22. The Hall–Kier alpha value is -3.41. The Bertz CT molecular complexity index is 877. The molecule has 1 heterocycles. The minimum absolute atomic E-state index is 0.252. The van der Waals surface area contributed by atoms with Gasteiger partial charge in [-0.05, 0) is 48.9 Å².